The van der Waals surface area contributed by atoms with Gasteiger partial charge in [0.15, 0.2) is 0 Å². The van der Waals surface area contributed by atoms with E-state index in [1.807, 2.05) is 0 Å². The molecule has 20 aromatic carbocycles. The number of rotatable bonds is 0. The van der Waals surface area contributed by atoms with Gasteiger partial charge in [0.1, 0.15) is 44.7 Å². The van der Waals surface area contributed by atoms with E-state index in [0.717, 1.165) is 44.7 Å². The number of nitrogens with zero attached hydrogens (tertiary/aromatic N) is 4. The van der Waals surface area contributed by atoms with Crippen molar-refractivity contribution >= 4 is 240 Å². The highest BCUT2D eigenvalue weighted by Crippen LogP contribution is 2.63. The Balaban J connectivity index is 0.0000000829. The first-order valence-electron chi connectivity index (χ1n) is 49.2. The van der Waals surface area contributed by atoms with E-state index in [2.05, 4.69) is 437 Å². The molecule has 0 N–H and O–H groups in total. The highest BCUT2D eigenvalue weighted by molar-refractivity contribution is 6.38. The maximum absolute atomic E-state index is 6.63. The second-order valence-electron chi connectivity index (χ2n) is 42.1. The third-order valence-corrected chi connectivity index (χ3v) is 34.0. The van der Waals surface area contributed by atoms with Gasteiger partial charge in [0.05, 0.1) is 87.7 Å². The summed E-state index contributed by atoms with van der Waals surface area (Å²) in [6, 6.07) is 133. The van der Waals surface area contributed by atoms with Crippen molar-refractivity contribution in [1.29, 1.82) is 0 Å². The number of benzene rings is 20. The summed E-state index contributed by atoms with van der Waals surface area (Å²) in [5.41, 5.74) is 44.8. The number of para-hydroxylation sites is 8. The molecule has 0 spiro atoms. The standard InChI is InChI=1S/4C33H21NO/c1-33(2)23-12-6-3-10-20(23)28-24(33)17-22-29-26(34-25-13-7-4-11-21(25)30(28)31(22)34)16-15-19-18-9-5-8-14-27(18)35-32(19)29;1-33(2)23-12-6-3-11-21(23)28-24(33)17-22-18-9-4-7-13-25(18)34-26-16-15-20-19-10-5-8-14-27(19)35-32(20)29(26)30(28)31(22)34;1-33(2)24-12-6-3-9-18(24)22-17-23-28-26(16-15-20-19-10-5-8-14-27(19)35-32(20)28)34-25-13-7-4-11-21(25)29(30(22)33)31(23)34;1-33(2)24-12-6-3-9-18(24)22-17-23-19-10-4-7-13-25(19)34-26-16-15-21-20-11-5-8-14-27(20)35-32(21)28(26)29(30(22)33)31(23)34/h4*3-17H,1-2H3. The summed E-state index contributed by atoms with van der Waals surface area (Å²) >= 11 is 0. The summed E-state index contributed by atoms with van der Waals surface area (Å²) < 4.78 is 36.3. The quantitative estimate of drug-likeness (QED) is 0.152. The van der Waals surface area contributed by atoms with Gasteiger partial charge in [-0.1, -0.05) is 298 Å². The number of hydrogen-bond acceptors (Lipinski definition) is 4. The first kappa shape index (κ1) is 76.0. The molecule has 0 unspecified atom stereocenters. The summed E-state index contributed by atoms with van der Waals surface area (Å²) in [7, 11) is 0. The molecule has 0 fully saturated rings. The van der Waals surface area contributed by atoms with Crippen LogP contribution < -0.4 is 0 Å². The highest BCUT2D eigenvalue weighted by atomic mass is 16.3. The molecular weight excluding hydrogens is 1710 g/mol. The van der Waals surface area contributed by atoms with Gasteiger partial charge in [-0.25, -0.2) is 0 Å². The zero-order chi connectivity index (χ0) is 92.2. The Bertz CT molecular complexity index is 11300. The molecule has 8 heteroatoms. The molecule has 0 bridgehead atoms. The van der Waals surface area contributed by atoms with Crippen molar-refractivity contribution in [3.8, 4) is 44.5 Å². The summed E-state index contributed by atoms with van der Waals surface area (Å²) in [5.74, 6) is 0. The molecule has 8 nitrogen and oxygen atoms in total. The van der Waals surface area contributed by atoms with Gasteiger partial charge in [-0.15, -0.1) is 0 Å². The van der Waals surface area contributed by atoms with Crippen LogP contribution in [0.1, 0.15) is 99.9 Å². The van der Waals surface area contributed by atoms with Crippen LogP contribution in [-0.2, 0) is 21.7 Å². The lowest BCUT2D eigenvalue weighted by molar-refractivity contribution is 0.661. The lowest BCUT2D eigenvalue weighted by atomic mass is 9.80. The highest BCUT2D eigenvalue weighted by Gasteiger charge is 2.45. The molecule has 140 heavy (non-hydrogen) atoms. The topological polar surface area (TPSA) is 70.2 Å². The predicted molar refractivity (Wildman–Crippen MR) is 584 cm³/mol. The van der Waals surface area contributed by atoms with Gasteiger partial charge >= 0.3 is 0 Å². The van der Waals surface area contributed by atoms with Crippen LogP contribution in [0.3, 0.4) is 0 Å². The molecule has 0 atom stereocenters. The normalized spacial score (nSPS) is 14.8. The lowest BCUT2D eigenvalue weighted by Gasteiger charge is -2.22. The lowest BCUT2D eigenvalue weighted by Crippen LogP contribution is -2.15. The number of fused-ring (bicyclic) bond motifs is 56. The van der Waals surface area contributed by atoms with Crippen molar-refractivity contribution in [2.75, 3.05) is 0 Å². The van der Waals surface area contributed by atoms with Crippen molar-refractivity contribution in [2.24, 2.45) is 0 Å². The molecule has 12 aromatic heterocycles. The predicted octanol–water partition coefficient (Wildman–Crippen LogP) is 36.2. The fraction of sp³-hybridized carbons (Fsp3) is 0.0909. The fourth-order valence-electron chi connectivity index (χ4n) is 28.2. The van der Waals surface area contributed by atoms with Gasteiger partial charge in [0.25, 0.3) is 0 Å². The number of furan rings is 4. The third kappa shape index (κ3) is 9.00. The van der Waals surface area contributed by atoms with Crippen molar-refractivity contribution in [3.63, 3.8) is 0 Å². The van der Waals surface area contributed by atoms with E-state index in [9.17, 15) is 0 Å². The SMILES string of the molecule is CC1(C)c2ccccc2-c2c1cc1c3c4oc5ccccc5c4ccc3n3c4ccccc4c2c13.CC1(C)c2ccccc2-c2c1cc1c3ccccc3n3c4ccc5c6ccccc6oc5c4c2c13.CC1(C)c2ccccc2-c2cc3c4c5oc6ccccc6c5ccc4n4c5ccccc5c(c21)c34.CC1(C)c2ccccc2-c2cc3c4ccccc4n4c5ccc6c7ccccc7oc6c5c(c21)c34. The van der Waals surface area contributed by atoms with Crippen LogP contribution in [0.4, 0.5) is 0 Å². The summed E-state index contributed by atoms with van der Waals surface area (Å²) in [4.78, 5) is 0. The Labute approximate surface area is 799 Å². The second-order valence-corrected chi connectivity index (χ2v) is 42.1. The van der Waals surface area contributed by atoms with Gasteiger partial charge in [0, 0.05) is 129 Å². The van der Waals surface area contributed by atoms with Crippen LogP contribution in [0, 0.1) is 0 Å². The molecular formula is C132H84N4O4. The summed E-state index contributed by atoms with van der Waals surface area (Å²) in [6.45, 7) is 19.0. The molecule has 0 saturated heterocycles. The Hall–Kier alpha value is -17.2. The Morgan fingerprint density at radius 2 is 0.436 bits per heavy atom. The fourth-order valence-corrected chi connectivity index (χ4v) is 28.2. The molecule has 36 rings (SSSR count). The Kier molecular flexibility index (Phi) is 14.0. The maximum Gasteiger partial charge on any atom is 0.145 e. The molecule has 0 aliphatic heterocycles. The Morgan fingerprint density at radius 1 is 0.164 bits per heavy atom. The molecule has 4 aliphatic rings. The minimum absolute atomic E-state index is 0.0651. The maximum atomic E-state index is 6.63. The van der Waals surface area contributed by atoms with Gasteiger partial charge < -0.3 is 35.3 Å². The van der Waals surface area contributed by atoms with E-state index in [4.69, 9.17) is 17.7 Å². The average Bonchev–Trinajstić information content (AvgIpc) is 1.52. The number of hydrogen-bond donors (Lipinski definition) is 0. The zero-order valence-corrected chi connectivity index (χ0v) is 78.1. The number of aromatic nitrogens is 4. The largest absolute Gasteiger partial charge is 0.455 e. The van der Waals surface area contributed by atoms with Crippen LogP contribution in [0.25, 0.3) is 285 Å². The van der Waals surface area contributed by atoms with Crippen LogP contribution in [0.5, 0.6) is 0 Å². The van der Waals surface area contributed by atoms with E-state index < -0.39 is 0 Å². The van der Waals surface area contributed by atoms with Crippen LogP contribution in [0.15, 0.2) is 382 Å². The molecule has 4 aliphatic carbocycles. The van der Waals surface area contributed by atoms with Gasteiger partial charge in [-0.3, -0.25) is 0 Å². The van der Waals surface area contributed by atoms with Crippen molar-refractivity contribution in [1.82, 2.24) is 17.6 Å². The summed E-state index contributed by atoms with van der Waals surface area (Å²) in [6.07, 6.45) is 0. The molecule has 12 heterocycles. The molecule has 0 amide bonds. The van der Waals surface area contributed by atoms with Gasteiger partial charge in [-0.05, 0) is 210 Å². The first-order chi connectivity index (χ1) is 68.6. The van der Waals surface area contributed by atoms with Crippen LogP contribution in [-0.4, -0.2) is 17.6 Å². The molecule has 32 aromatic rings. The molecule has 0 saturated carbocycles. The minimum Gasteiger partial charge on any atom is -0.455 e. The van der Waals surface area contributed by atoms with Crippen LogP contribution >= 0.6 is 0 Å². The Morgan fingerprint density at radius 3 is 0.864 bits per heavy atom. The van der Waals surface area contributed by atoms with E-state index in [1.165, 1.54) is 284 Å². The first-order valence-corrected chi connectivity index (χ1v) is 49.2. The van der Waals surface area contributed by atoms with Crippen LogP contribution in [0.2, 0.25) is 0 Å². The molecule has 0 radical (unpaired) electrons. The summed E-state index contributed by atoms with van der Waals surface area (Å²) in [5, 5.41) is 30.3. The van der Waals surface area contributed by atoms with Crippen molar-refractivity contribution < 1.29 is 17.7 Å². The van der Waals surface area contributed by atoms with E-state index in [1.54, 1.807) is 0 Å². The van der Waals surface area contributed by atoms with Crippen molar-refractivity contribution in [2.45, 2.75) is 77.0 Å². The van der Waals surface area contributed by atoms with Gasteiger partial charge in [0.2, 0.25) is 0 Å². The molecule has 656 valence electrons. The minimum atomic E-state index is -0.105. The second kappa shape index (κ2) is 25.7. The average molecular weight is 1790 g/mol. The van der Waals surface area contributed by atoms with Gasteiger partial charge in [-0.2, -0.15) is 0 Å². The zero-order valence-electron chi connectivity index (χ0n) is 78.1. The monoisotopic (exact) mass is 1790 g/mol. The van der Waals surface area contributed by atoms with Crippen molar-refractivity contribution in [3.05, 3.63) is 408 Å². The van der Waals surface area contributed by atoms with E-state index in [-0.39, 0.29) is 21.7 Å². The van der Waals surface area contributed by atoms with E-state index in [0.29, 0.717) is 0 Å². The smallest absolute Gasteiger partial charge is 0.145 e. The third-order valence-electron chi connectivity index (χ3n) is 34.0. The van der Waals surface area contributed by atoms with E-state index >= 15 is 0 Å².